The Labute approximate surface area is 178 Å². The number of nitrogens with one attached hydrogen (secondary N) is 1. The van der Waals surface area contributed by atoms with Crippen molar-refractivity contribution in [3.05, 3.63) is 36.2 Å². The number of aromatic nitrogens is 3. The Bertz CT molecular complexity index is 918. The van der Waals surface area contributed by atoms with Gasteiger partial charge in [-0.15, -0.1) is 10.2 Å². The van der Waals surface area contributed by atoms with Gasteiger partial charge < -0.3 is 24.4 Å². The molecule has 0 radical (unpaired) electrons. The van der Waals surface area contributed by atoms with Gasteiger partial charge in [-0.3, -0.25) is 9.59 Å². The summed E-state index contributed by atoms with van der Waals surface area (Å²) in [6, 6.07) is 6.85. The van der Waals surface area contributed by atoms with Crippen molar-refractivity contribution in [2.24, 2.45) is 7.05 Å². The van der Waals surface area contributed by atoms with Crippen LogP contribution in [0.5, 0.6) is 0 Å². The largest absolute Gasteiger partial charge is 0.453 e. The lowest BCUT2D eigenvalue weighted by atomic mass is 10.1. The lowest BCUT2D eigenvalue weighted by molar-refractivity contribution is -0.113. The number of benzene rings is 1. The van der Waals surface area contributed by atoms with Crippen LogP contribution in [0.4, 0.5) is 10.5 Å². The van der Waals surface area contributed by atoms with Gasteiger partial charge >= 0.3 is 6.09 Å². The molecule has 1 aromatic heterocycles. The molecule has 0 saturated carbocycles. The average molecular weight is 433 g/mol. The molecule has 3 amide bonds. The van der Waals surface area contributed by atoms with E-state index in [1.54, 1.807) is 45.0 Å². The highest BCUT2D eigenvalue weighted by molar-refractivity contribution is 7.99. The summed E-state index contributed by atoms with van der Waals surface area (Å²) in [6.07, 6.45) is 1.87. The zero-order chi connectivity index (χ0) is 21.5. The fourth-order valence-corrected chi connectivity index (χ4v) is 3.76. The molecule has 0 bridgehead atoms. The number of rotatable bonds is 5. The molecule has 30 heavy (non-hydrogen) atoms. The summed E-state index contributed by atoms with van der Waals surface area (Å²) in [5.74, 6) is -0.150. The van der Waals surface area contributed by atoms with Crippen LogP contribution in [0.1, 0.15) is 16.8 Å². The van der Waals surface area contributed by atoms with Gasteiger partial charge in [-0.25, -0.2) is 4.79 Å². The van der Waals surface area contributed by atoms with Gasteiger partial charge in [0.05, 0.1) is 12.9 Å². The van der Waals surface area contributed by atoms with Gasteiger partial charge in [0.25, 0.3) is 5.91 Å². The van der Waals surface area contributed by atoms with E-state index in [0.29, 0.717) is 49.0 Å². The first-order valence-electron chi connectivity index (χ1n) is 9.47. The number of thioether (sulfide) groups is 1. The topological polar surface area (TPSA) is 110 Å². The smallest absolute Gasteiger partial charge is 0.409 e. The van der Waals surface area contributed by atoms with Crippen molar-refractivity contribution in [1.82, 2.24) is 24.6 Å². The van der Waals surface area contributed by atoms with Crippen LogP contribution in [0, 0.1) is 0 Å². The fourth-order valence-electron chi connectivity index (χ4n) is 3.08. The minimum absolute atomic E-state index is 0.133. The Kier molecular flexibility index (Phi) is 7.28. The number of nitrogens with zero attached hydrogens (tertiary/aromatic N) is 5. The lowest BCUT2D eigenvalue weighted by Gasteiger charge is -2.21. The van der Waals surface area contributed by atoms with Crippen molar-refractivity contribution in [2.45, 2.75) is 11.6 Å². The molecule has 1 saturated heterocycles. The molecule has 1 aromatic carbocycles. The van der Waals surface area contributed by atoms with Crippen molar-refractivity contribution in [2.75, 3.05) is 44.4 Å². The van der Waals surface area contributed by atoms with Crippen LogP contribution in [0.2, 0.25) is 0 Å². The van der Waals surface area contributed by atoms with Crippen molar-refractivity contribution in [3.63, 3.8) is 0 Å². The highest BCUT2D eigenvalue weighted by atomic mass is 32.2. The van der Waals surface area contributed by atoms with Crippen LogP contribution in [0.25, 0.3) is 0 Å². The summed E-state index contributed by atoms with van der Waals surface area (Å²) in [4.78, 5) is 40.2. The maximum atomic E-state index is 12.9. The van der Waals surface area contributed by atoms with Crippen LogP contribution in [-0.2, 0) is 16.6 Å². The number of anilines is 1. The molecule has 0 atom stereocenters. The maximum Gasteiger partial charge on any atom is 0.409 e. The van der Waals surface area contributed by atoms with Crippen LogP contribution in [0.15, 0.2) is 35.7 Å². The van der Waals surface area contributed by atoms with E-state index in [1.165, 1.54) is 18.9 Å². The Balaban J connectivity index is 1.57. The summed E-state index contributed by atoms with van der Waals surface area (Å²) in [5.41, 5.74) is 1.04. The molecule has 1 N–H and O–H groups in total. The molecule has 160 valence electrons. The molecule has 2 heterocycles. The van der Waals surface area contributed by atoms with Crippen LogP contribution in [0.3, 0.4) is 0 Å². The van der Waals surface area contributed by atoms with E-state index in [-0.39, 0.29) is 23.7 Å². The predicted octanol–water partition coefficient (Wildman–Crippen LogP) is 1.46. The first-order valence-corrected chi connectivity index (χ1v) is 10.5. The minimum atomic E-state index is -0.381. The van der Waals surface area contributed by atoms with E-state index in [0.717, 1.165) is 0 Å². The number of carbonyl (C=O) groups is 3. The second kappa shape index (κ2) is 10.1. The number of methoxy groups -OCH3 is 1. The van der Waals surface area contributed by atoms with E-state index in [2.05, 4.69) is 15.5 Å². The van der Waals surface area contributed by atoms with Gasteiger partial charge in [-0.2, -0.15) is 0 Å². The summed E-state index contributed by atoms with van der Waals surface area (Å²) >= 11 is 1.28. The summed E-state index contributed by atoms with van der Waals surface area (Å²) in [6.45, 7) is 1.96. The molecular formula is C19H24N6O4S. The van der Waals surface area contributed by atoms with Crippen molar-refractivity contribution in [3.8, 4) is 0 Å². The third kappa shape index (κ3) is 5.50. The predicted molar refractivity (Wildman–Crippen MR) is 111 cm³/mol. The zero-order valence-electron chi connectivity index (χ0n) is 16.9. The Morgan fingerprint density at radius 3 is 2.67 bits per heavy atom. The number of ether oxygens (including phenoxy) is 1. The summed E-state index contributed by atoms with van der Waals surface area (Å²) in [7, 11) is 3.16. The van der Waals surface area contributed by atoms with Crippen molar-refractivity contribution < 1.29 is 19.1 Å². The standard InChI is InChI=1S/C19H24N6O4S/c1-23-13-20-22-18(23)30-12-16(26)21-15-6-3-5-14(11-15)17(27)24-7-4-8-25(10-9-24)19(28)29-2/h3,5-6,11,13H,4,7-10,12H2,1-2H3,(H,21,26). The maximum absolute atomic E-state index is 12.9. The molecule has 1 aliphatic heterocycles. The number of amides is 3. The molecule has 0 aliphatic carbocycles. The van der Waals surface area contributed by atoms with E-state index in [1.807, 2.05) is 7.05 Å². The van der Waals surface area contributed by atoms with Crippen LogP contribution < -0.4 is 5.32 Å². The molecule has 0 spiro atoms. The number of carbonyl (C=O) groups excluding carboxylic acids is 3. The molecule has 10 nitrogen and oxygen atoms in total. The van der Waals surface area contributed by atoms with Gasteiger partial charge in [0.15, 0.2) is 5.16 Å². The Morgan fingerprint density at radius 1 is 1.17 bits per heavy atom. The molecular weight excluding hydrogens is 408 g/mol. The number of hydrogen-bond acceptors (Lipinski definition) is 7. The van der Waals surface area contributed by atoms with E-state index in [4.69, 9.17) is 4.74 Å². The molecule has 1 aliphatic rings. The van der Waals surface area contributed by atoms with Crippen molar-refractivity contribution >= 4 is 35.4 Å². The monoisotopic (exact) mass is 432 g/mol. The highest BCUT2D eigenvalue weighted by Gasteiger charge is 2.23. The van der Waals surface area contributed by atoms with Gasteiger partial charge in [0.2, 0.25) is 5.91 Å². The van der Waals surface area contributed by atoms with Gasteiger partial charge in [0.1, 0.15) is 6.33 Å². The summed E-state index contributed by atoms with van der Waals surface area (Å²) < 4.78 is 6.50. The molecule has 11 heteroatoms. The van der Waals surface area contributed by atoms with Gasteiger partial charge in [-0.05, 0) is 24.6 Å². The first-order chi connectivity index (χ1) is 14.5. The zero-order valence-corrected chi connectivity index (χ0v) is 17.7. The third-order valence-corrected chi connectivity index (χ3v) is 5.65. The van der Waals surface area contributed by atoms with Crippen molar-refractivity contribution in [1.29, 1.82) is 0 Å². The second-order valence-corrected chi connectivity index (χ2v) is 7.69. The summed E-state index contributed by atoms with van der Waals surface area (Å²) in [5, 5.41) is 11.2. The molecule has 3 rings (SSSR count). The van der Waals surface area contributed by atoms with Gasteiger partial charge in [0, 0.05) is 44.5 Å². The van der Waals surface area contributed by atoms with E-state index >= 15 is 0 Å². The highest BCUT2D eigenvalue weighted by Crippen LogP contribution is 2.17. The molecule has 0 unspecified atom stereocenters. The van der Waals surface area contributed by atoms with E-state index < -0.39 is 0 Å². The van der Waals surface area contributed by atoms with Gasteiger partial charge in [-0.1, -0.05) is 17.8 Å². The second-order valence-electron chi connectivity index (χ2n) is 6.74. The number of aryl methyl sites for hydroxylation is 1. The number of hydrogen-bond donors (Lipinski definition) is 1. The Hall–Kier alpha value is -3.08. The van der Waals surface area contributed by atoms with E-state index in [9.17, 15) is 14.4 Å². The third-order valence-electron chi connectivity index (χ3n) is 4.61. The SMILES string of the molecule is COC(=O)N1CCCN(C(=O)c2cccc(NC(=O)CSc3nncn3C)c2)CC1. The molecule has 2 aromatic rings. The van der Waals surface area contributed by atoms with Crippen LogP contribution >= 0.6 is 11.8 Å². The fraction of sp³-hybridized carbons (Fsp3) is 0.421. The lowest BCUT2D eigenvalue weighted by Crippen LogP contribution is -2.37. The first kappa shape index (κ1) is 21.6. The molecule has 1 fully saturated rings. The minimum Gasteiger partial charge on any atom is -0.453 e. The Morgan fingerprint density at radius 2 is 1.93 bits per heavy atom. The normalized spacial score (nSPS) is 14.2. The quantitative estimate of drug-likeness (QED) is 0.712. The average Bonchev–Trinajstić information content (AvgIpc) is 3.00. The van der Waals surface area contributed by atoms with Crippen LogP contribution in [-0.4, -0.2) is 81.5 Å².